The van der Waals surface area contributed by atoms with Gasteiger partial charge in [0, 0.05) is 17.5 Å². The van der Waals surface area contributed by atoms with Crippen LogP contribution in [0.1, 0.15) is 24.5 Å². The lowest BCUT2D eigenvalue weighted by Gasteiger charge is -2.08. The molecule has 1 aromatic carbocycles. The van der Waals surface area contributed by atoms with Crippen molar-refractivity contribution >= 4 is 11.8 Å². The number of nitriles is 1. The lowest BCUT2D eigenvalue weighted by Crippen LogP contribution is -2.21. The van der Waals surface area contributed by atoms with Crippen molar-refractivity contribution in [2.45, 2.75) is 25.1 Å². The van der Waals surface area contributed by atoms with Gasteiger partial charge in [-0.3, -0.25) is 0 Å². The van der Waals surface area contributed by atoms with E-state index >= 15 is 0 Å². The van der Waals surface area contributed by atoms with Gasteiger partial charge in [0.15, 0.2) is 0 Å². The van der Waals surface area contributed by atoms with Gasteiger partial charge in [-0.2, -0.15) is 17.0 Å². The van der Waals surface area contributed by atoms with Gasteiger partial charge in [-0.1, -0.05) is 6.92 Å². The number of thioether (sulfide) groups is 1. The van der Waals surface area contributed by atoms with Crippen LogP contribution in [0, 0.1) is 17.1 Å². The van der Waals surface area contributed by atoms with Gasteiger partial charge in [0.25, 0.3) is 0 Å². The van der Waals surface area contributed by atoms with Gasteiger partial charge in [-0.05, 0) is 30.2 Å². The first-order valence-electron chi connectivity index (χ1n) is 5.18. The second-order valence-corrected chi connectivity index (χ2v) is 4.67. The fourth-order valence-corrected chi connectivity index (χ4v) is 2.30. The van der Waals surface area contributed by atoms with Crippen molar-refractivity contribution in [1.82, 2.24) is 0 Å². The first-order chi connectivity index (χ1) is 7.65. The molecule has 2 N–H and O–H groups in total. The Labute approximate surface area is 99.6 Å². The molecule has 1 rings (SSSR count). The number of hydrogen-bond acceptors (Lipinski definition) is 3. The Balaban J connectivity index is 2.54. The topological polar surface area (TPSA) is 49.8 Å². The van der Waals surface area contributed by atoms with Crippen LogP contribution < -0.4 is 5.73 Å². The molecule has 0 aliphatic heterocycles. The Morgan fingerprint density at radius 1 is 1.50 bits per heavy atom. The zero-order chi connectivity index (χ0) is 12.0. The molecule has 0 radical (unpaired) electrons. The standard InChI is InChI=1S/C12H15FN2S/c1-2-12(15)8-16-7-10-3-9(6-14)4-11(13)5-10/h3-5,12H,2,7-8,15H2,1H3. The molecule has 0 saturated carbocycles. The normalized spacial score (nSPS) is 12.1. The van der Waals surface area contributed by atoms with E-state index in [2.05, 4.69) is 0 Å². The fourth-order valence-electron chi connectivity index (χ4n) is 1.24. The van der Waals surface area contributed by atoms with Gasteiger partial charge in [0.1, 0.15) is 5.82 Å². The van der Waals surface area contributed by atoms with Crippen LogP contribution in [0.4, 0.5) is 4.39 Å². The maximum atomic E-state index is 13.1. The highest BCUT2D eigenvalue weighted by Crippen LogP contribution is 2.16. The summed E-state index contributed by atoms with van der Waals surface area (Å²) >= 11 is 1.67. The third kappa shape index (κ3) is 4.21. The maximum Gasteiger partial charge on any atom is 0.124 e. The molecule has 0 bridgehead atoms. The molecule has 0 spiro atoms. The van der Waals surface area contributed by atoms with Gasteiger partial charge in [-0.15, -0.1) is 0 Å². The number of halogens is 1. The van der Waals surface area contributed by atoms with Gasteiger partial charge >= 0.3 is 0 Å². The molecular weight excluding hydrogens is 223 g/mol. The van der Waals surface area contributed by atoms with E-state index in [-0.39, 0.29) is 11.9 Å². The first-order valence-corrected chi connectivity index (χ1v) is 6.34. The van der Waals surface area contributed by atoms with Crippen LogP contribution in [0.15, 0.2) is 18.2 Å². The molecule has 2 nitrogen and oxygen atoms in total. The van der Waals surface area contributed by atoms with Gasteiger partial charge in [0.2, 0.25) is 0 Å². The molecule has 0 aliphatic rings. The number of benzene rings is 1. The molecule has 0 saturated heterocycles. The van der Waals surface area contributed by atoms with Crippen molar-refractivity contribution in [2.24, 2.45) is 5.73 Å². The predicted molar refractivity (Wildman–Crippen MR) is 65.5 cm³/mol. The minimum Gasteiger partial charge on any atom is -0.327 e. The number of nitrogens with zero attached hydrogens (tertiary/aromatic N) is 1. The second kappa shape index (κ2) is 6.51. The zero-order valence-electron chi connectivity index (χ0n) is 9.24. The Bertz CT molecular complexity index is 387. The van der Waals surface area contributed by atoms with Gasteiger partial charge < -0.3 is 5.73 Å². The van der Waals surface area contributed by atoms with Crippen LogP contribution >= 0.6 is 11.8 Å². The van der Waals surface area contributed by atoms with E-state index in [1.54, 1.807) is 17.8 Å². The highest BCUT2D eigenvalue weighted by molar-refractivity contribution is 7.98. The summed E-state index contributed by atoms with van der Waals surface area (Å²) in [6.45, 7) is 2.04. The average Bonchev–Trinajstić information content (AvgIpc) is 2.28. The summed E-state index contributed by atoms with van der Waals surface area (Å²) in [5.74, 6) is 1.20. The second-order valence-electron chi connectivity index (χ2n) is 3.64. The zero-order valence-corrected chi connectivity index (χ0v) is 10.1. The van der Waals surface area contributed by atoms with E-state index < -0.39 is 0 Å². The Morgan fingerprint density at radius 2 is 2.25 bits per heavy atom. The molecule has 0 fully saturated rings. The third-order valence-corrected chi connectivity index (χ3v) is 3.41. The summed E-state index contributed by atoms with van der Waals surface area (Å²) in [6, 6.07) is 6.55. The number of hydrogen-bond donors (Lipinski definition) is 1. The van der Waals surface area contributed by atoms with Crippen molar-refractivity contribution in [3.63, 3.8) is 0 Å². The van der Waals surface area contributed by atoms with Crippen LogP contribution in [0.25, 0.3) is 0 Å². The average molecular weight is 238 g/mol. The van der Waals surface area contributed by atoms with Crippen LogP contribution in [0.3, 0.4) is 0 Å². The number of rotatable bonds is 5. The molecule has 0 aromatic heterocycles. The predicted octanol–water partition coefficient (Wildman–Crippen LogP) is 2.67. The summed E-state index contributed by atoms with van der Waals surface area (Å²) in [5.41, 5.74) is 6.98. The van der Waals surface area contributed by atoms with Crippen LogP contribution in [0.5, 0.6) is 0 Å². The molecule has 1 aromatic rings. The van der Waals surface area contributed by atoms with Crippen LogP contribution in [0.2, 0.25) is 0 Å². The van der Waals surface area contributed by atoms with Crippen LogP contribution in [-0.2, 0) is 5.75 Å². The largest absolute Gasteiger partial charge is 0.327 e. The first kappa shape index (κ1) is 13.0. The summed E-state index contributed by atoms with van der Waals surface area (Å²) in [4.78, 5) is 0. The summed E-state index contributed by atoms with van der Waals surface area (Å²) in [6.07, 6.45) is 0.944. The fraction of sp³-hybridized carbons (Fsp3) is 0.417. The highest BCUT2D eigenvalue weighted by atomic mass is 32.2. The number of nitrogens with two attached hydrogens (primary N) is 1. The summed E-state index contributed by atoms with van der Waals surface area (Å²) in [5, 5.41) is 8.69. The molecule has 1 atom stereocenters. The van der Waals surface area contributed by atoms with Crippen molar-refractivity contribution < 1.29 is 4.39 Å². The Hall–Kier alpha value is -1.05. The molecule has 86 valence electrons. The SMILES string of the molecule is CCC(N)CSCc1cc(F)cc(C#N)c1. The van der Waals surface area contributed by atoms with E-state index in [0.717, 1.165) is 17.7 Å². The summed E-state index contributed by atoms with van der Waals surface area (Å²) in [7, 11) is 0. The Kier molecular flexibility index (Phi) is 5.30. The van der Waals surface area contributed by atoms with E-state index in [9.17, 15) is 4.39 Å². The van der Waals surface area contributed by atoms with Crippen molar-refractivity contribution in [2.75, 3.05) is 5.75 Å². The van der Waals surface area contributed by atoms with Gasteiger partial charge in [0.05, 0.1) is 11.6 Å². The molecular formula is C12H15FN2S. The van der Waals surface area contributed by atoms with E-state index in [4.69, 9.17) is 11.0 Å². The quantitative estimate of drug-likeness (QED) is 0.858. The van der Waals surface area contributed by atoms with Crippen molar-refractivity contribution in [1.29, 1.82) is 5.26 Å². The molecule has 0 heterocycles. The van der Waals surface area contributed by atoms with Crippen molar-refractivity contribution in [3.8, 4) is 6.07 Å². The lowest BCUT2D eigenvalue weighted by atomic mass is 10.1. The molecule has 4 heteroatoms. The highest BCUT2D eigenvalue weighted by Gasteiger charge is 2.03. The minimum atomic E-state index is -0.352. The smallest absolute Gasteiger partial charge is 0.124 e. The van der Waals surface area contributed by atoms with Crippen LogP contribution in [-0.4, -0.2) is 11.8 Å². The molecule has 0 amide bonds. The van der Waals surface area contributed by atoms with E-state index in [1.165, 1.54) is 12.1 Å². The van der Waals surface area contributed by atoms with E-state index in [0.29, 0.717) is 11.3 Å². The summed E-state index contributed by atoms with van der Waals surface area (Å²) < 4.78 is 13.1. The lowest BCUT2D eigenvalue weighted by molar-refractivity contribution is 0.626. The third-order valence-electron chi connectivity index (χ3n) is 2.21. The minimum absolute atomic E-state index is 0.189. The monoisotopic (exact) mass is 238 g/mol. The molecule has 1 unspecified atom stereocenters. The molecule has 16 heavy (non-hydrogen) atoms. The van der Waals surface area contributed by atoms with Crippen molar-refractivity contribution in [3.05, 3.63) is 35.1 Å². The van der Waals surface area contributed by atoms with Gasteiger partial charge in [-0.25, -0.2) is 4.39 Å². The maximum absolute atomic E-state index is 13.1. The molecule has 0 aliphatic carbocycles. The van der Waals surface area contributed by atoms with E-state index in [1.807, 2.05) is 13.0 Å². The Morgan fingerprint density at radius 3 is 2.88 bits per heavy atom.